The van der Waals surface area contributed by atoms with Crippen molar-refractivity contribution in [3.05, 3.63) is 30.1 Å². The molecule has 7 heteroatoms. The second-order valence-corrected chi connectivity index (χ2v) is 4.88. The molecule has 1 aromatic carbocycles. The van der Waals surface area contributed by atoms with Crippen molar-refractivity contribution in [3.63, 3.8) is 0 Å². The van der Waals surface area contributed by atoms with E-state index in [1.165, 1.54) is 6.07 Å². The average Bonchev–Trinajstić information content (AvgIpc) is 2.48. The van der Waals surface area contributed by atoms with Crippen LogP contribution in [0, 0.1) is 5.82 Å². The van der Waals surface area contributed by atoms with Crippen molar-refractivity contribution < 1.29 is 4.39 Å². The summed E-state index contributed by atoms with van der Waals surface area (Å²) < 4.78 is 14.1. The fourth-order valence-corrected chi connectivity index (χ4v) is 2.53. The van der Waals surface area contributed by atoms with Gasteiger partial charge in [-0.2, -0.15) is 4.98 Å². The van der Waals surface area contributed by atoms with E-state index in [1.807, 2.05) is 0 Å². The Bertz CT molecular complexity index is 654. The highest BCUT2D eigenvalue weighted by molar-refractivity contribution is 5.83. The van der Waals surface area contributed by atoms with Gasteiger partial charge in [0.2, 0.25) is 5.95 Å². The number of hydrogen-bond donors (Lipinski definition) is 3. The van der Waals surface area contributed by atoms with Gasteiger partial charge in [-0.25, -0.2) is 9.37 Å². The van der Waals surface area contributed by atoms with Crippen LogP contribution in [0.4, 0.5) is 21.8 Å². The molecule has 0 radical (unpaired) electrons. The lowest BCUT2D eigenvalue weighted by molar-refractivity contribution is 0.588. The highest BCUT2D eigenvalue weighted by Crippen LogP contribution is 2.35. The lowest BCUT2D eigenvalue weighted by Gasteiger charge is -2.31. The Hall–Kier alpha value is -2.41. The van der Waals surface area contributed by atoms with E-state index in [0.29, 0.717) is 16.9 Å². The number of rotatable bonds is 2. The fourth-order valence-electron chi connectivity index (χ4n) is 2.53. The highest BCUT2D eigenvalue weighted by atomic mass is 19.1. The van der Waals surface area contributed by atoms with E-state index in [0.717, 1.165) is 26.2 Å². The molecule has 0 spiro atoms. The lowest BCUT2D eigenvalue weighted by Crippen LogP contribution is -2.44. The van der Waals surface area contributed by atoms with Crippen molar-refractivity contribution in [3.8, 4) is 11.3 Å². The first kappa shape index (κ1) is 13.6. The molecule has 1 saturated heterocycles. The molecule has 0 saturated carbocycles. The first-order valence-corrected chi connectivity index (χ1v) is 6.80. The maximum absolute atomic E-state index is 14.1. The third-order valence-electron chi connectivity index (χ3n) is 3.49. The summed E-state index contributed by atoms with van der Waals surface area (Å²) in [6, 6.07) is 6.46. The molecular formula is C14H17FN6. The summed E-state index contributed by atoms with van der Waals surface area (Å²) >= 11 is 0. The van der Waals surface area contributed by atoms with Crippen LogP contribution in [0.15, 0.2) is 24.3 Å². The van der Waals surface area contributed by atoms with E-state index in [2.05, 4.69) is 20.2 Å². The maximum Gasteiger partial charge on any atom is 0.222 e. The van der Waals surface area contributed by atoms with Crippen LogP contribution in [0.2, 0.25) is 0 Å². The van der Waals surface area contributed by atoms with Gasteiger partial charge in [-0.1, -0.05) is 12.1 Å². The van der Waals surface area contributed by atoms with Crippen LogP contribution in [-0.2, 0) is 0 Å². The summed E-state index contributed by atoms with van der Waals surface area (Å²) in [5, 5.41) is 3.26. The van der Waals surface area contributed by atoms with Crippen molar-refractivity contribution in [1.82, 2.24) is 15.3 Å². The first-order valence-electron chi connectivity index (χ1n) is 6.80. The van der Waals surface area contributed by atoms with Crippen LogP contribution in [-0.4, -0.2) is 36.1 Å². The van der Waals surface area contributed by atoms with E-state index in [-0.39, 0.29) is 17.6 Å². The molecule has 0 unspecified atom stereocenters. The van der Waals surface area contributed by atoms with Crippen LogP contribution in [0.25, 0.3) is 11.3 Å². The van der Waals surface area contributed by atoms with Gasteiger partial charge in [0, 0.05) is 31.7 Å². The summed E-state index contributed by atoms with van der Waals surface area (Å²) in [5.41, 5.74) is 13.2. The predicted molar refractivity (Wildman–Crippen MR) is 81.3 cm³/mol. The molecule has 0 bridgehead atoms. The normalized spacial score (nSPS) is 15.2. The van der Waals surface area contributed by atoms with Crippen LogP contribution in [0.3, 0.4) is 0 Å². The Morgan fingerprint density at radius 1 is 1.10 bits per heavy atom. The zero-order valence-electron chi connectivity index (χ0n) is 11.5. The second kappa shape index (κ2) is 5.53. The predicted octanol–water partition coefficient (Wildman–Crippen LogP) is 0.857. The molecule has 2 aromatic rings. The Morgan fingerprint density at radius 2 is 1.81 bits per heavy atom. The van der Waals surface area contributed by atoms with Crippen molar-refractivity contribution in [2.75, 3.05) is 42.5 Å². The average molecular weight is 288 g/mol. The van der Waals surface area contributed by atoms with Gasteiger partial charge in [-0.15, -0.1) is 0 Å². The van der Waals surface area contributed by atoms with Gasteiger partial charge in [0.1, 0.15) is 17.2 Å². The molecule has 0 amide bonds. The smallest absolute Gasteiger partial charge is 0.222 e. The SMILES string of the molecule is Nc1nc(N)c(N2CCNCC2)c(-c2ccccc2F)n1. The Balaban J connectivity index is 2.16. The molecule has 1 aliphatic rings. The minimum absolute atomic E-state index is 0.0460. The topological polar surface area (TPSA) is 93.1 Å². The van der Waals surface area contributed by atoms with Gasteiger partial charge in [0.15, 0.2) is 5.82 Å². The number of benzene rings is 1. The van der Waals surface area contributed by atoms with Crippen molar-refractivity contribution in [2.24, 2.45) is 0 Å². The molecule has 1 aromatic heterocycles. The second-order valence-electron chi connectivity index (χ2n) is 4.88. The van der Waals surface area contributed by atoms with E-state index >= 15 is 0 Å². The fraction of sp³-hybridized carbons (Fsp3) is 0.286. The highest BCUT2D eigenvalue weighted by Gasteiger charge is 2.22. The minimum atomic E-state index is -0.355. The minimum Gasteiger partial charge on any atom is -0.382 e. The molecule has 21 heavy (non-hydrogen) atoms. The molecule has 110 valence electrons. The van der Waals surface area contributed by atoms with Crippen molar-refractivity contribution in [1.29, 1.82) is 0 Å². The van der Waals surface area contributed by atoms with Gasteiger partial charge in [0.25, 0.3) is 0 Å². The maximum atomic E-state index is 14.1. The third kappa shape index (κ3) is 2.59. The molecule has 1 aliphatic heterocycles. The Morgan fingerprint density at radius 3 is 2.52 bits per heavy atom. The van der Waals surface area contributed by atoms with Crippen LogP contribution >= 0.6 is 0 Å². The van der Waals surface area contributed by atoms with Gasteiger partial charge in [0.05, 0.1) is 0 Å². The molecule has 5 N–H and O–H groups in total. The van der Waals surface area contributed by atoms with Crippen LogP contribution in [0.1, 0.15) is 0 Å². The van der Waals surface area contributed by atoms with Crippen molar-refractivity contribution in [2.45, 2.75) is 0 Å². The lowest BCUT2D eigenvalue weighted by atomic mass is 10.1. The summed E-state index contributed by atoms with van der Waals surface area (Å²) in [6.07, 6.45) is 0. The van der Waals surface area contributed by atoms with Gasteiger partial charge in [-0.05, 0) is 12.1 Å². The summed E-state index contributed by atoms with van der Waals surface area (Å²) in [4.78, 5) is 10.3. The van der Waals surface area contributed by atoms with E-state index < -0.39 is 0 Å². The van der Waals surface area contributed by atoms with E-state index in [4.69, 9.17) is 11.5 Å². The zero-order valence-corrected chi connectivity index (χ0v) is 11.5. The Labute approximate surface area is 122 Å². The zero-order chi connectivity index (χ0) is 14.8. The number of anilines is 3. The number of nitrogens with one attached hydrogen (secondary N) is 1. The number of aromatic nitrogens is 2. The van der Waals surface area contributed by atoms with Gasteiger partial charge < -0.3 is 21.7 Å². The molecule has 1 fully saturated rings. The molecule has 3 rings (SSSR count). The number of hydrogen-bond acceptors (Lipinski definition) is 6. The summed E-state index contributed by atoms with van der Waals surface area (Å²) in [5.74, 6) is -0.0290. The monoisotopic (exact) mass is 288 g/mol. The molecule has 0 aliphatic carbocycles. The summed E-state index contributed by atoms with van der Waals surface area (Å²) in [6.45, 7) is 3.19. The van der Waals surface area contributed by atoms with E-state index in [1.54, 1.807) is 18.2 Å². The number of halogens is 1. The van der Waals surface area contributed by atoms with Gasteiger partial charge >= 0.3 is 0 Å². The number of nitrogens with two attached hydrogens (primary N) is 2. The number of piperazine rings is 1. The summed E-state index contributed by atoms with van der Waals surface area (Å²) in [7, 11) is 0. The van der Waals surface area contributed by atoms with Crippen LogP contribution in [0.5, 0.6) is 0 Å². The number of nitrogen functional groups attached to an aromatic ring is 2. The van der Waals surface area contributed by atoms with E-state index in [9.17, 15) is 4.39 Å². The quantitative estimate of drug-likeness (QED) is 0.759. The third-order valence-corrected chi connectivity index (χ3v) is 3.49. The standard InChI is InChI=1S/C14H17FN6/c15-10-4-2-1-3-9(10)11-12(13(16)20-14(17)19-11)21-7-5-18-6-8-21/h1-4,18H,5-8H2,(H4,16,17,19,20). The molecule has 2 heterocycles. The largest absolute Gasteiger partial charge is 0.382 e. The first-order chi connectivity index (χ1) is 10.2. The van der Waals surface area contributed by atoms with Crippen LogP contribution < -0.4 is 21.7 Å². The molecular weight excluding hydrogens is 271 g/mol. The number of nitrogens with zero attached hydrogens (tertiary/aromatic N) is 3. The van der Waals surface area contributed by atoms with Crippen molar-refractivity contribution >= 4 is 17.5 Å². The molecule has 0 atom stereocenters. The van der Waals surface area contributed by atoms with Gasteiger partial charge in [-0.3, -0.25) is 0 Å². The Kier molecular flexibility index (Phi) is 3.57. The molecule has 6 nitrogen and oxygen atoms in total.